The number of amides is 1. The van der Waals surface area contributed by atoms with Gasteiger partial charge >= 0.3 is 6.09 Å². The van der Waals surface area contributed by atoms with Gasteiger partial charge in [-0.3, -0.25) is 0 Å². The van der Waals surface area contributed by atoms with Gasteiger partial charge in [0.2, 0.25) is 0 Å². The second-order valence-electron chi connectivity index (χ2n) is 3.22. The van der Waals surface area contributed by atoms with Gasteiger partial charge in [-0.15, -0.1) is 0 Å². The van der Waals surface area contributed by atoms with Crippen LogP contribution in [0.1, 0.15) is 5.56 Å². The average molecular weight is 227 g/mol. The maximum absolute atomic E-state index is 12.5. The lowest BCUT2D eigenvalue weighted by atomic mass is 10.2. The molecule has 4 nitrogen and oxygen atoms in total. The quantitative estimate of drug-likeness (QED) is 0.795. The molecule has 0 aliphatic rings. The lowest BCUT2D eigenvalue weighted by Crippen LogP contribution is -2.32. The standard InChI is InChI=1S/C11H14FNO3/c12-10(7-14)6-13-11(15)16-8-9-4-2-1-3-5-9/h1-5,10,14H,6-8H2,(H,13,15). The highest BCUT2D eigenvalue weighted by Gasteiger charge is 2.07. The minimum atomic E-state index is -1.45. The fourth-order valence-electron chi connectivity index (χ4n) is 1.03. The van der Waals surface area contributed by atoms with Crippen molar-refractivity contribution in [2.75, 3.05) is 13.2 Å². The van der Waals surface area contributed by atoms with Crippen LogP contribution in [0.2, 0.25) is 0 Å². The number of alkyl carbamates (subject to hydrolysis) is 1. The molecule has 1 atom stereocenters. The summed E-state index contributed by atoms with van der Waals surface area (Å²) in [7, 11) is 0. The molecule has 1 rings (SSSR count). The predicted octanol–water partition coefficient (Wildman–Crippen LogP) is 1.24. The van der Waals surface area contributed by atoms with Crippen molar-refractivity contribution in [3.05, 3.63) is 35.9 Å². The molecule has 0 saturated carbocycles. The first-order valence-electron chi connectivity index (χ1n) is 4.92. The molecule has 16 heavy (non-hydrogen) atoms. The highest BCUT2D eigenvalue weighted by molar-refractivity contribution is 5.67. The molecule has 5 heteroatoms. The van der Waals surface area contributed by atoms with Crippen molar-refractivity contribution in [1.82, 2.24) is 5.32 Å². The van der Waals surface area contributed by atoms with Gasteiger partial charge in [-0.1, -0.05) is 30.3 Å². The van der Waals surface area contributed by atoms with Crippen molar-refractivity contribution in [2.45, 2.75) is 12.8 Å². The first-order valence-corrected chi connectivity index (χ1v) is 4.92. The number of benzene rings is 1. The van der Waals surface area contributed by atoms with E-state index in [0.29, 0.717) is 0 Å². The van der Waals surface area contributed by atoms with E-state index in [9.17, 15) is 9.18 Å². The summed E-state index contributed by atoms with van der Waals surface area (Å²) in [6, 6.07) is 9.16. The molecule has 1 amide bonds. The summed E-state index contributed by atoms with van der Waals surface area (Å²) in [6.07, 6.45) is -2.15. The predicted molar refractivity (Wildman–Crippen MR) is 56.6 cm³/mol. The molecule has 1 unspecified atom stereocenters. The fourth-order valence-corrected chi connectivity index (χ4v) is 1.03. The fraction of sp³-hybridized carbons (Fsp3) is 0.364. The van der Waals surface area contributed by atoms with Gasteiger partial charge in [0.15, 0.2) is 0 Å². The Hall–Kier alpha value is -1.62. The third kappa shape index (κ3) is 4.75. The number of aliphatic hydroxyl groups excluding tert-OH is 1. The number of carbonyl (C=O) groups excluding carboxylic acids is 1. The van der Waals surface area contributed by atoms with Crippen molar-refractivity contribution >= 4 is 6.09 Å². The van der Waals surface area contributed by atoms with Crippen LogP contribution in [-0.2, 0) is 11.3 Å². The highest BCUT2D eigenvalue weighted by Crippen LogP contribution is 2.00. The first-order chi connectivity index (χ1) is 7.72. The number of aliphatic hydroxyl groups is 1. The van der Waals surface area contributed by atoms with E-state index < -0.39 is 18.9 Å². The molecule has 0 bridgehead atoms. The molecule has 0 heterocycles. The number of rotatable bonds is 5. The lowest BCUT2D eigenvalue weighted by molar-refractivity contribution is 0.129. The van der Waals surface area contributed by atoms with Gasteiger partial charge in [0, 0.05) is 0 Å². The molecule has 0 radical (unpaired) electrons. The number of carbonyl (C=O) groups is 1. The number of alkyl halides is 1. The Morgan fingerprint density at radius 2 is 2.12 bits per heavy atom. The Balaban J connectivity index is 2.20. The van der Waals surface area contributed by atoms with E-state index in [1.54, 1.807) is 0 Å². The highest BCUT2D eigenvalue weighted by atomic mass is 19.1. The third-order valence-corrected chi connectivity index (χ3v) is 1.88. The number of halogens is 1. The maximum atomic E-state index is 12.5. The molecule has 0 fully saturated rings. The summed E-state index contributed by atoms with van der Waals surface area (Å²) in [5.74, 6) is 0. The molecule has 2 N–H and O–H groups in total. The molecular weight excluding hydrogens is 213 g/mol. The summed E-state index contributed by atoms with van der Waals surface area (Å²) in [5.41, 5.74) is 0.858. The van der Waals surface area contributed by atoms with Crippen LogP contribution in [0, 0.1) is 0 Å². The van der Waals surface area contributed by atoms with Gasteiger partial charge < -0.3 is 15.2 Å². The van der Waals surface area contributed by atoms with E-state index in [0.717, 1.165) is 5.56 Å². The summed E-state index contributed by atoms with van der Waals surface area (Å²) >= 11 is 0. The normalized spacial score (nSPS) is 11.9. The summed E-state index contributed by atoms with van der Waals surface area (Å²) < 4.78 is 17.4. The zero-order valence-corrected chi connectivity index (χ0v) is 8.73. The summed E-state index contributed by atoms with van der Waals surface area (Å²) in [4.78, 5) is 11.1. The Morgan fingerprint density at radius 1 is 1.44 bits per heavy atom. The number of hydrogen-bond acceptors (Lipinski definition) is 3. The molecule has 0 spiro atoms. The first kappa shape index (κ1) is 12.4. The zero-order chi connectivity index (χ0) is 11.8. The Morgan fingerprint density at radius 3 is 2.75 bits per heavy atom. The zero-order valence-electron chi connectivity index (χ0n) is 8.73. The lowest BCUT2D eigenvalue weighted by Gasteiger charge is -2.08. The minimum absolute atomic E-state index is 0.142. The van der Waals surface area contributed by atoms with Crippen LogP contribution in [-0.4, -0.2) is 30.5 Å². The Bertz CT molecular complexity index is 318. The topological polar surface area (TPSA) is 58.6 Å². The summed E-state index contributed by atoms with van der Waals surface area (Å²) in [6.45, 7) is -0.716. The van der Waals surface area contributed by atoms with E-state index in [2.05, 4.69) is 5.32 Å². The Labute approximate surface area is 93.0 Å². The van der Waals surface area contributed by atoms with Crippen LogP contribution >= 0.6 is 0 Å². The molecule has 0 aliphatic carbocycles. The molecule has 0 saturated heterocycles. The SMILES string of the molecule is O=C(NCC(F)CO)OCc1ccccc1. The minimum Gasteiger partial charge on any atom is -0.445 e. The second kappa shape index (κ2) is 6.79. The van der Waals surface area contributed by atoms with Crippen molar-refractivity contribution in [3.8, 4) is 0 Å². The van der Waals surface area contributed by atoms with Crippen LogP contribution in [0.25, 0.3) is 0 Å². The molecular formula is C11H14FNO3. The Kier molecular flexibility index (Phi) is 5.28. The smallest absolute Gasteiger partial charge is 0.407 e. The van der Waals surface area contributed by atoms with Gasteiger partial charge in [-0.05, 0) is 5.56 Å². The van der Waals surface area contributed by atoms with Crippen LogP contribution in [0.15, 0.2) is 30.3 Å². The molecule has 1 aromatic carbocycles. The van der Waals surface area contributed by atoms with Crippen LogP contribution in [0.4, 0.5) is 9.18 Å². The van der Waals surface area contributed by atoms with Crippen LogP contribution in [0.3, 0.4) is 0 Å². The molecule has 0 aliphatic heterocycles. The van der Waals surface area contributed by atoms with E-state index >= 15 is 0 Å². The van der Waals surface area contributed by atoms with E-state index in [-0.39, 0.29) is 13.2 Å². The largest absolute Gasteiger partial charge is 0.445 e. The van der Waals surface area contributed by atoms with Gasteiger partial charge in [0.25, 0.3) is 0 Å². The number of nitrogens with one attached hydrogen (secondary N) is 1. The third-order valence-electron chi connectivity index (χ3n) is 1.88. The van der Waals surface area contributed by atoms with E-state index in [1.807, 2.05) is 30.3 Å². The van der Waals surface area contributed by atoms with Crippen molar-refractivity contribution in [1.29, 1.82) is 0 Å². The van der Waals surface area contributed by atoms with Crippen molar-refractivity contribution in [3.63, 3.8) is 0 Å². The monoisotopic (exact) mass is 227 g/mol. The van der Waals surface area contributed by atoms with Gasteiger partial charge in [-0.25, -0.2) is 9.18 Å². The van der Waals surface area contributed by atoms with Crippen molar-refractivity contribution in [2.24, 2.45) is 0 Å². The van der Waals surface area contributed by atoms with Gasteiger partial charge in [-0.2, -0.15) is 0 Å². The van der Waals surface area contributed by atoms with Gasteiger partial charge in [0.1, 0.15) is 12.8 Å². The molecule has 1 aromatic rings. The summed E-state index contributed by atoms with van der Waals surface area (Å²) in [5, 5.41) is 10.6. The van der Waals surface area contributed by atoms with Gasteiger partial charge in [0.05, 0.1) is 13.2 Å². The number of ether oxygens (including phenoxy) is 1. The number of hydrogen-bond donors (Lipinski definition) is 2. The molecule has 0 aromatic heterocycles. The van der Waals surface area contributed by atoms with E-state index in [4.69, 9.17) is 9.84 Å². The average Bonchev–Trinajstić information content (AvgIpc) is 2.34. The van der Waals surface area contributed by atoms with Crippen molar-refractivity contribution < 1.29 is 19.0 Å². The van der Waals surface area contributed by atoms with Crippen LogP contribution in [0.5, 0.6) is 0 Å². The van der Waals surface area contributed by atoms with E-state index in [1.165, 1.54) is 0 Å². The molecule has 88 valence electrons. The maximum Gasteiger partial charge on any atom is 0.407 e. The van der Waals surface area contributed by atoms with Crippen LogP contribution < -0.4 is 5.32 Å². The second-order valence-corrected chi connectivity index (χ2v) is 3.22.